The van der Waals surface area contributed by atoms with Crippen molar-refractivity contribution in [3.63, 3.8) is 0 Å². The van der Waals surface area contributed by atoms with Crippen LogP contribution in [-0.4, -0.2) is 42.0 Å². The van der Waals surface area contributed by atoms with E-state index in [4.69, 9.17) is 0 Å². The molecule has 1 saturated carbocycles. The maximum absolute atomic E-state index is 12.8. The molecule has 0 radical (unpaired) electrons. The van der Waals surface area contributed by atoms with E-state index >= 15 is 0 Å². The lowest BCUT2D eigenvalue weighted by Crippen LogP contribution is -2.49. The van der Waals surface area contributed by atoms with Gasteiger partial charge < -0.3 is 9.80 Å². The van der Waals surface area contributed by atoms with Crippen LogP contribution in [0.15, 0.2) is 18.2 Å². The van der Waals surface area contributed by atoms with Gasteiger partial charge in [-0.3, -0.25) is 4.79 Å². The quantitative estimate of drug-likeness (QED) is 0.856. The highest BCUT2D eigenvalue weighted by Gasteiger charge is 2.36. The van der Waals surface area contributed by atoms with Gasteiger partial charge in [-0.05, 0) is 37.8 Å². The fourth-order valence-electron chi connectivity index (χ4n) is 3.03. The van der Waals surface area contributed by atoms with Crippen molar-refractivity contribution in [3.05, 3.63) is 23.9 Å². The molecule has 0 bridgehead atoms. The molecular formula is C16H20F3N3O. The molecule has 1 aromatic heterocycles. The average molecular weight is 327 g/mol. The first-order valence-corrected chi connectivity index (χ1v) is 7.92. The van der Waals surface area contributed by atoms with Crippen LogP contribution in [0.3, 0.4) is 0 Å². The van der Waals surface area contributed by atoms with Crippen LogP contribution in [0.2, 0.25) is 0 Å². The number of hydrogen-bond donors (Lipinski definition) is 0. The number of carbonyl (C=O) groups excluding carboxylic acids is 1. The molecule has 0 spiro atoms. The molecule has 1 aliphatic heterocycles. The monoisotopic (exact) mass is 327 g/mol. The van der Waals surface area contributed by atoms with Crippen LogP contribution in [0.1, 0.15) is 31.4 Å². The van der Waals surface area contributed by atoms with E-state index in [9.17, 15) is 18.0 Å². The fourth-order valence-corrected chi connectivity index (χ4v) is 3.03. The van der Waals surface area contributed by atoms with Crippen molar-refractivity contribution in [2.75, 3.05) is 25.0 Å². The Morgan fingerprint density at radius 3 is 2.70 bits per heavy atom. The number of piperidine rings is 1. The Bertz CT molecular complexity index is 586. The van der Waals surface area contributed by atoms with Crippen molar-refractivity contribution < 1.29 is 18.0 Å². The van der Waals surface area contributed by atoms with E-state index in [1.54, 1.807) is 18.0 Å². The highest BCUT2D eigenvalue weighted by Crippen LogP contribution is 2.33. The first kappa shape index (κ1) is 16.1. The first-order chi connectivity index (χ1) is 10.9. The molecule has 126 valence electrons. The number of amides is 1. The van der Waals surface area contributed by atoms with Gasteiger partial charge in [-0.1, -0.05) is 6.07 Å². The molecule has 4 nitrogen and oxygen atoms in total. The molecule has 23 heavy (non-hydrogen) atoms. The van der Waals surface area contributed by atoms with Gasteiger partial charge in [0.25, 0.3) is 0 Å². The van der Waals surface area contributed by atoms with Crippen molar-refractivity contribution in [2.24, 2.45) is 5.92 Å². The van der Waals surface area contributed by atoms with Gasteiger partial charge in [-0.25, -0.2) is 4.98 Å². The van der Waals surface area contributed by atoms with Crippen LogP contribution in [0.5, 0.6) is 0 Å². The predicted octanol–water partition coefficient (Wildman–Crippen LogP) is 2.94. The molecule has 3 rings (SSSR count). The van der Waals surface area contributed by atoms with Gasteiger partial charge in [0.15, 0.2) is 0 Å². The van der Waals surface area contributed by atoms with Gasteiger partial charge in [0.1, 0.15) is 11.5 Å². The molecule has 1 aliphatic carbocycles. The maximum Gasteiger partial charge on any atom is 0.433 e. The van der Waals surface area contributed by atoms with Crippen LogP contribution >= 0.6 is 0 Å². The molecule has 1 atom stereocenters. The number of pyridine rings is 1. The average Bonchev–Trinajstić information content (AvgIpc) is 3.38. The van der Waals surface area contributed by atoms with E-state index in [0.717, 1.165) is 31.7 Å². The summed E-state index contributed by atoms with van der Waals surface area (Å²) in [6.07, 6.45) is -0.817. The molecule has 0 N–H and O–H groups in total. The topological polar surface area (TPSA) is 36.4 Å². The van der Waals surface area contributed by atoms with Gasteiger partial charge in [-0.2, -0.15) is 13.2 Å². The van der Waals surface area contributed by atoms with Crippen molar-refractivity contribution in [1.82, 2.24) is 9.88 Å². The van der Waals surface area contributed by atoms with E-state index in [-0.39, 0.29) is 17.9 Å². The molecule has 1 unspecified atom stereocenters. The van der Waals surface area contributed by atoms with Gasteiger partial charge in [0, 0.05) is 32.1 Å². The number of halogens is 3. The van der Waals surface area contributed by atoms with Crippen molar-refractivity contribution >= 4 is 11.7 Å². The summed E-state index contributed by atoms with van der Waals surface area (Å²) in [6, 6.07) is 4.00. The minimum Gasteiger partial charge on any atom is -0.355 e. The largest absolute Gasteiger partial charge is 0.433 e. The predicted molar refractivity (Wildman–Crippen MR) is 80.0 cm³/mol. The van der Waals surface area contributed by atoms with Gasteiger partial charge in [-0.15, -0.1) is 0 Å². The Morgan fingerprint density at radius 2 is 2.04 bits per heavy atom. The Kier molecular flexibility index (Phi) is 4.21. The Morgan fingerprint density at radius 1 is 1.30 bits per heavy atom. The first-order valence-electron chi connectivity index (χ1n) is 7.92. The molecule has 7 heteroatoms. The summed E-state index contributed by atoms with van der Waals surface area (Å²) >= 11 is 0. The maximum atomic E-state index is 12.8. The van der Waals surface area contributed by atoms with E-state index < -0.39 is 11.9 Å². The number of likely N-dealkylation sites (N-methyl/N-ethyl adjacent to an activating group) is 1. The minimum atomic E-state index is -4.44. The van der Waals surface area contributed by atoms with Gasteiger partial charge in [0.2, 0.25) is 5.91 Å². The van der Waals surface area contributed by atoms with Crippen LogP contribution < -0.4 is 4.90 Å². The Hall–Kier alpha value is -1.79. The molecular weight excluding hydrogens is 307 g/mol. The van der Waals surface area contributed by atoms with E-state index in [1.165, 1.54) is 6.07 Å². The SMILES string of the molecule is CN(C(=O)C1CC1)C1CCCN(c2cccc(C(F)(F)F)n2)C1. The molecule has 1 amide bonds. The third-order valence-electron chi connectivity index (χ3n) is 4.57. The van der Waals surface area contributed by atoms with Crippen molar-refractivity contribution in [2.45, 2.75) is 37.9 Å². The van der Waals surface area contributed by atoms with E-state index in [2.05, 4.69) is 4.98 Å². The summed E-state index contributed by atoms with van der Waals surface area (Å²) in [5.41, 5.74) is -0.875. The fraction of sp³-hybridized carbons (Fsp3) is 0.625. The summed E-state index contributed by atoms with van der Waals surface area (Å²) < 4.78 is 38.4. The zero-order valence-corrected chi connectivity index (χ0v) is 13.0. The molecule has 1 saturated heterocycles. The van der Waals surface area contributed by atoms with Crippen molar-refractivity contribution in [1.29, 1.82) is 0 Å². The lowest BCUT2D eigenvalue weighted by molar-refractivity contribution is -0.141. The summed E-state index contributed by atoms with van der Waals surface area (Å²) in [5, 5.41) is 0. The molecule has 0 aromatic carbocycles. The van der Waals surface area contributed by atoms with E-state index in [1.807, 2.05) is 4.90 Å². The summed E-state index contributed by atoms with van der Waals surface area (Å²) in [6.45, 7) is 1.19. The second kappa shape index (κ2) is 6.02. The van der Waals surface area contributed by atoms with Crippen LogP contribution in [0.25, 0.3) is 0 Å². The standard InChI is InChI=1S/C16H20F3N3O/c1-21(15(23)11-7-8-11)12-4-3-9-22(10-12)14-6-2-5-13(20-14)16(17,18)19/h2,5-6,11-12H,3-4,7-10H2,1H3. The lowest BCUT2D eigenvalue weighted by Gasteiger charge is -2.38. The summed E-state index contributed by atoms with van der Waals surface area (Å²) in [7, 11) is 1.80. The Balaban J connectivity index is 1.72. The van der Waals surface area contributed by atoms with Crippen molar-refractivity contribution in [3.8, 4) is 0 Å². The number of aromatic nitrogens is 1. The highest BCUT2D eigenvalue weighted by molar-refractivity contribution is 5.81. The number of anilines is 1. The zero-order valence-electron chi connectivity index (χ0n) is 13.0. The van der Waals surface area contributed by atoms with E-state index in [0.29, 0.717) is 18.9 Å². The molecule has 1 aromatic rings. The lowest BCUT2D eigenvalue weighted by atomic mass is 10.0. The third-order valence-corrected chi connectivity index (χ3v) is 4.57. The van der Waals surface area contributed by atoms with Gasteiger partial charge in [0.05, 0.1) is 0 Å². The number of nitrogens with zero attached hydrogens (tertiary/aromatic N) is 3. The normalized spacial score (nSPS) is 22.1. The van der Waals surface area contributed by atoms with Crippen LogP contribution in [-0.2, 0) is 11.0 Å². The number of carbonyl (C=O) groups is 1. The summed E-state index contributed by atoms with van der Waals surface area (Å²) in [5.74, 6) is 0.646. The molecule has 2 fully saturated rings. The van der Waals surface area contributed by atoms with Crippen LogP contribution in [0, 0.1) is 5.92 Å². The van der Waals surface area contributed by atoms with Crippen LogP contribution in [0.4, 0.5) is 19.0 Å². The van der Waals surface area contributed by atoms with Gasteiger partial charge >= 0.3 is 6.18 Å². The zero-order chi connectivity index (χ0) is 16.6. The molecule has 2 aliphatic rings. The summed E-state index contributed by atoms with van der Waals surface area (Å²) in [4.78, 5) is 19.6. The smallest absolute Gasteiger partial charge is 0.355 e. The number of rotatable bonds is 3. The Labute approximate surface area is 133 Å². The highest BCUT2D eigenvalue weighted by atomic mass is 19.4. The molecule has 2 heterocycles. The minimum absolute atomic E-state index is 0.0354. The second-order valence-electron chi connectivity index (χ2n) is 6.34. The second-order valence-corrected chi connectivity index (χ2v) is 6.34. The number of alkyl halides is 3. The third kappa shape index (κ3) is 3.59. The number of hydrogen-bond acceptors (Lipinski definition) is 3.